The number of aliphatic hydroxyl groups excluding tert-OH is 1. The Labute approximate surface area is 146 Å². The van der Waals surface area contributed by atoms with Crippen molar-refractivity contribution in [2.75, 3.05) is 5.32 Å². The molecule has 128 valence electrons. The molecule has 0 spiro atoms. The van der Waals surface area contributed by atoms with Crippen LogP contribution in [0.5, 0.6) is 0 Å². The van der Waals surface area contributed by atoms with Crippen LogP contribution >= 0.6 is 0 Å². The first-order valence-electron chi connectivity index (χ1n) is 8.57. The number of benzene rings is 1. The zero-order valence-corrected chi connectivity index (χ0v) is 13.9. The minimum atomic E-state index is -0.379. The first-order chi connectivity index (χ1) is 12.3. The van der Waals surface area contributed by atoms with Crippen LogP contribution in [0.15, 0.2) is 61.2 Å². The van der Waals surface area contributed by atoms with Gasteiger partial charge < -0.3 is 10.4 Å². The molecule has 0 aliphatic heterocycles. The van der Waals surface area contributed by atoms with Crippen LogP contribution in [0.1, 0.15) is 12.8 Å². The standard InChI is InChI=1S/C19H21N5O/c25-18-10-14(12-24-8-4-7-22-24)9-17(18)23-19-11-16(20-13-21-19)15-5-2-1-3-6-15/h1-8,11,13-14,17-18,25H,9-10,12H2,(H,20,21,23)/t14?,17-,18-/m1/s1. The molecule has 3 atom stereocenters. The van der Waals surface area contributed by atoms with Crippen molar-refractivity contribution < 1.29 is 5.11 Å². The van der Waals surface area contributed by atoms with E-state index in [9.17, 15) is 5.11 Å². The number of aliphatic hydroxyl groups is 1. The quantitative estimate of drug-likeness (QED) is 0.749. The Morgan fingerprint density at radius 1 is 1.12 bits per heavy atom. The Bertz CT molecular complexity index is 806. The molecule has 0 amide bonds. The van der Waals surface area contributed by atoms with E-state index in [0.717, 1.165) is 36.5 Å². The molecular formula is C19H21N5O. The van der Waals surface area contributed by atoms with E-state index in [1.807, 2.05) is 53.3 Å². The van der Waals surface area contributed by atoms with Crippen LogP contribution in [-0.2, 0) is 6.54 Å². The van der Waals surface area contributed by atoms with Crippen LogP contribution in [0, 0.1) is 5.92 Å². The minimum Gasteiger partial charge on any atom is -0.391 e. The SMILES string of the molecule is O[C@@H]1CC(Cn2cccn2)C[C@H]1Nc1cc(-c2ccccc2)ncn1. The average molecular weight is 335 g/mol. The number of nitrogens with one attached hydrogen (secondary N) is 1. The second-order valence-electron chi connectivity index (χ2n) is 6.54. The fraction of sp³-hybridized carbons (Fsp3) is 0.316. The summed E-state index contributed by atoms with van der Waals surface area (Å²) in [7, 11) is 0. The van der Waals surface area contributed by atoms with Crippen molar-refractivity contribution in [3.63, 3.8) is 0 Å². The first kappa shape index (κ1) is 15.8. The van der Waals surface area contributed by atoms with Crippen LogP contribution in [0.3, 0.4) is 0 Å². The maximum atomic E-state index is 10.4. The Morgan fingerprint density at radius 3 is 2.80 bits per heavy atom. The van der Waals surface area contributed by atoms with Crippen molar-refractivity contribution in [3.05, 3.63) is 61.2 Å². The molecule has 1 aliphatic carbocycles. The lowest BCUT2D eigenvalue weighted by atomic mass is 10.1. The van der Waals surface area contributed by atoms with Gasteiger partial charge in [-0.15, -0.1) is 0 Å². The summed E-state index contributed by atoms with van der Waals surface area (Å²) >= 11 is 0. The van der Waals surface area contributed by atoms with Gasteiger partial charge in [-0.25, -0.2) is 9.97 Å². The first-order valence-corrected chi connectivity index (χ1v) is 8.57. The average Bonchev–Trinajstić information content (AvgIpc) is 3.26. The van der Waals surface area contributed by atoms with Crippen molar-refractivity contribution in [2.24, 2.45) is 5.92 Å². The fourth-order valence-corrected chi connectivity index (χ4v) is 3.49. The Morgan fingerprint density at radius 2 is 2.00 bits per heavy atom. The molecule has 1 aliphatic rings. The van der Waals surface area contributed by atoms with Crippen LogP contribution < -0.4 is 5.32 Å². The number of aromatic nitrogens is 4. The van der Waals surface area contributed by atoms with Crippen molar-refractivity contribution in [3.8, 4) is 11.3 Å². The van der Waals surface area contributed by atoms with E-state index in [-0.39, 0.29) is 12.1 Å². The van der Waals surface area contributed by atoms with E-state index in [4.69, 9.17) is 0 Å². The van der Waals surface area contributed by atoms with Gasteiger partial charge in [0.2, 0.25) is 0 Å². The molecule has 2 aromatic heterocycles. The third-order valence-electron chi connectivity index (χ3n) is 4.70. The number of anilines is 1. The third-order valence-corrected chi connectivity index (χ3v) is 4.70. The highest BCUT2D eigenvalue weighted by Crippen LogP contribution is 2.30. The zero-order valence-electron chi connectivity index (χ0n) is 13.9. The second-order valence-corrected chi connectivity index (χ2v) is 6.54. The predicted molar refractivity (Wildman–Crippen MR) is 95.8 cm³/mol. The molecule has 6 heteroatoms. The van der Waals surface area contributed by atoms with Crippen LogP contribution in [-0.4, -0.2) is 37.0 Å². The summed E-state index contributed by atoms with van der Waals surface area (Å²) in [5, 5.41) is 18.0. The Kier molecular flexibility index (Phi) is 4.43. The molecule has 2 N–H and O–H groups in total. The number of nitrogens with zero attached hydrogens (tertiary/aromatic N) is 4. The van der Waals surface area contributed by atoms with E-state index < -0.39 is 0 Å². The largest absolute Gasteiger partial charge is 0.391 e. The van der Waals surface area contributed by atoms with E-state index in [1.54, 1.807) is 12.5 Å². The highest BCUT2D eigenvalue weighted by atomic mass is 16.3. The summed E-state index contributed by atoms with van der Waals surface area (Å²) in [6, 6.07) is 13.9. The smallest absolute Gasteiger partial charge is 0.130 e. The van der Waals surface area contributed by atoms with Gasteiger partial charge in [0.1, 0.15) is 12.1 Å². The summed E-state index contributed by atoms with van der Waals surface area (Å²) in [5.74, 6) is 1.15. The monoisotopic (exact) mass is 335 g/mol. The molecule has 3 aromatic rings. The van der Waals surface area contributed by atoms with Gasteiger partial charge in [0.25, 0.3) is 0 Å². The molecule has 4 rings (SSSR count). The van der Waals surface area contributed by atoms with Gasteiger partial charge >= 0.3 is 0 Å². The van der Waals surface area contributed by atoms with Crippen LogP contribution in [0.4, 0.5) is 5.82 Å². The molecule has 0 radical (unpaired) electrons. The van der Waals surface area contributed by atoms with Crippen molar-refractivity contribution in [2.45, 2.75) is 31.5 Å². The summed E-state index contributed by atoms with van der Waals surface area (Å²) in [4.78, 5) is 8.66. The lowest BCUT2D eigenvalue weighted by molar-refractivity contribution is 0.166. The van der Waals surface area contributed by atoms with E-state index in [0.29, 0.717) is 5.92 Å². The van der Waals surface area contributed by atoms with Gasteiger partial charge in [-0.3, -0.25) is 4.68 Å². The summed E-state index contributed by atoms with van der Waals surface area (Å²) in [6.45, 7) is 0.835. The second kappa shape index (κ2) is 7.03. The number of rotatable bonds is 5. The topological polar surface area (TPSA) is 75.9 Å². The lowest BCUT2D eigenvalue weighted by Crippen LogP contribution is -2.28. The number of hydrogen-bond donors (Lipinski definition) is 2. The van der Waals surface area contributed by atoms with Crippen molar-refractivity contribution in [1.29, 1.82) is 0 Å². The summed E-state index contributed by atoms with van der Waals surface area (Å²) in [6.07, 6.45) is 6.60. The highest BCUT2D eigenvalue weighted by Gasteiger charge is 2.33. The van der Waals surface area contributed by atoms with Crippen molar-refractivity contribution >= 4 is 5.82 Å². The molecular weight excluding hydrogens is 314 g/mol. The maximum Gasteiger partial charge on any atom is 0.130 e. The molecule has 0 saturated heterocycles. The van der Waals surface area contributed by atoms with E-state index in [2.05, 4.69) is 20.4 Å². The highest BCUT2D eigenvalue weighted by molar-refractivity contribution is 5.62. The molecule has 6 nitrogen and oxygen atoms in total. The van der Waals surface area contributed by atoms with Crippen LogP contribution in [0.25, 0.3) is 11.3 Å². The van der Waals surface area contributed by atoms with Gasteiger partial charge in [-0.1, -0.05) is 30.3 Å². The Balaban J connectivity index is 1.43. The number of hydrogen-bond acceptors (Lipinski definition) is 5. The normalized spacial score (nSPS) is 22.8. The molecule has 1 fully saturated rings. The van der Waals surface area contributed by atoms with E-state index >= 15 is 0 Å². The lowest BCUT2D eigenvalue weighted by Gasteiger charge is -2.17. The van der Waals surface area contributed by atoms with Gasteiger partial charge in [0.15, 0.2) is 0 Å². The van der Waals surface area contributed by atoms with Gasteiger partial charge in [0.05, 0.1) is 17.8 Å². The van der Waals surface area contributed by atoms with E-state index in [1.165, 1.54) is 0 Å². The molecule has 1 aromatic carbocycles. The van der Waals surface area contributed by atoms with Gasteiger partial charge in [-0.05, 0) is 24.8 Å². The Hall–Kier alpha value is -2.73. The molecule has 2 heterocycles. The fourth-order valence-electron chi connectivity index (χ4n) is 3.49. The molecule has 1 unspecified atom stereocenters. The zero-order chi connectivity index (χ0) is 17.1. The summed E-state index contributed by atoms with van der Waals surface area (Å²) < 4.78 is 1.93. The molecule has 1 saturated carbocycles. The molecule has 25 heavy (non-hydrogen) atoms. The predicted octanol–water partition coefficient (Wildman–Crippen LogP) is 2.59. The maximum absolute atomic E-state index is 10.4. The van der Waals surface area contributed by atoms with Crippen molar-refractivity contribution in [1.82, 2.24) is 19.7 Å². The molecule has 0 bridgehead atoms. The van der Waals surface area contributed by atoms with Crippen LogP contribution in [0.2, 0.25) is 0 Å². The van der Waals surface area contributed by atoms with Gasteiger partial charge in [0, 0.05) is 30.6 Å². The summed E-state index contributed by atoms with van der Waals surface area (Å²) in [5.41, 5.74) is 1.93. The third kappa shape index (κ3) is 3.69. The van der Waals surface area contributed by atoms with Gasteiger partial charge in [-0.2, -0.15) is 5.10 Å². The minimum absolute atomic E-state index is 0.000847.